The number of methoxy groups -OCH3 is 1. The molecule has 162 valence electrons. The van der Waals surface area contributed by atoms with E-state index in [1.807, 2.05) is 31.2 Å². The molecule has 3 aromatic rings. The zero-order valence-electron chi connectivity index (χ0n) is 17.5. The number of amides is 1. The van der Waals surface area contributed by atoms with E-state index in [0.717, 1.165) is 16.1 Å². The molecule has 0 heterocycles. The molecule has 0 atom stereocenters. The second-order valence-corrected chi connectivity index (χ2v) is 8.81. The predicted molar refractivity (Wildman–Crippen MR) is 122 cm³/mol. The lowest BCUT2D eigenvalue weighted by atomic mass is 10.2. The van der Waals surface area contributed by atoms with Crippen LogP contribution in [0.3, 0.4) is 0 Å². The zero-order valence-corrected chi connectivity index (χ0v) is 18.3. The quantitative estimate of drug-likeness (QED) is 0.567. The molecule has 0 aliphatic heterocycles. The molecule has 3 aromatic carbocycles. The van der Waals surface area contributed by atoms with Crippen molar-refractivity contribution < 1.29 is 22.7 Å². The van der Waals surface area contributed by atoms with Gasteiger partial charge in [0.05, 0.1) is 24.7 Å². The maximum absolute atomic E-state index is 12.8. The van der Waals surface area contributed by atoms with Crippen molar-refractivity contribution in [3.8, 4) is 17.2 Å². The summed E-state index contributed by atoms with van der Waals surface area (Å²) in [4.78, 5) is 12.8. The lowest BCUT2D eigenvalue weighted by Crippen LogP contribution is -2.37. The number of aryl methyl sites for hydroxylation is 1. The van der Waals surface area contributed by atoms with E-state index >= 15 is 0 Å². The maximum Gasteiger partial charge on any atom is 0.245 e. The van der Waals surface area contributed by atoms with Crippen molar-refractivity contribution in [2.24, 2.45) is 0 Å². The van der Waals surface area contributed by atoms with Gasteiger partial charge in [0.25, 0.3) is 0 Å². The highest BCUT2D eigenvalue weighted by atomic mass is 32.2. The molecule has 0 saturated heterocycles. The molecule has 0 spiro atoms. The Morgan fingerprint density at radius 1 is 0.968 bits per heavy atom. The predicted octanol–water partition coefficient (Wildman–Crippen LogP) is 4.20. The molecule has 31 heavy (non-hydrogen) atoms. The summed E-state index contributed by atoms with van der Waals surface area (Å²) in [5, 5.41) is 2.73. The summed E-state index contributed by atoms with van der Waals surface area (Å²) < 4.78 is 37.3. The summed E-state index contributed by atoms with van der Waals surface area (Å²) in [5.74, 6) is 0.846. The van der Waals surface area contributed by atoms with Crippen molar-refractivity contribution in [3.63, 3.8) is 0 Å². The van der Waals surface area contributed by atoms with Gasteiger partial charge in [0.15, 0.2) is 5.75 Å². The lowest BCUT2D eigenvalue weighted by molar-refractivity contribution is -0.114. The number of sulfonamides is 1. The van der Waals surface area contributed by atoms with Crippen molar-refractivity contribution >= 4 is 27.3 Å². The van der Waals surface area contributed by atoms with Gasteiger partial charge >= 0.3 is 0 Å². The summed E-state index contributed by atoms with van der Waals surface area (Å²) in [5.41, 5.74) is 1.66. The Bertz CT molecular complexity index is 1160. The highest BCUT2D eigenvalue weighted by molar-refractivity contribution is 7.92. The lowest BCUT2D eigenvalue weighted by Gasteiger charge is -2.24. The number of hydrogen-bond donors (Lipinski definition) is 1. The van der Waals surface area contributed by atoms with Crippen LogP contribution < -0.4 is 19.1 Å². The number of ether oxygens (including phenoxy) is 2. The van der Waals surface area contributed by atoms with Crippen LogP contribution in [0.25, 0.3) is 0 Å². The Labute approximate surface area is 182 Å². The van der Waals surface area contributed by atoms with Crippen LogP contribution >= 0.6 is 0 Å². The van der Waals surface area contributed by atoms with Crippen LogP contribution in [-0.2, 0) is 14.8 Å². The molecular formula is C23H24N2O5S. The Balaban J connectivity index is 1.89. The number of carbonyl (C=O) groups is 1. The second kappa shape index (κ2) is 9.53. The van der Waals surface area contributed by atoms with Crippen LogP contribution in [0.15, 0.2) is 72.8 Å². The molecule has 0 saturated carbocycles. The minimum atomic E-state index is -3.78. The van der Waals surface area contributed by atoms with Gasteiger partial charge in [-0.15, -0.1) is 0 Å². The number of carbonyl (C=O) groups excluding carboxylic acids is 1. The van der Waals surface area contributed by atoms with Crippen LogP contribution in [0, 0.1) is 6.92 Å². The molecule has 0 aromatic heterocycles. The van der Waals surface area contributed by atoms with Crippen LogP contribution in [-0.4, -0.2) is 34.2 Å². The highest BCUT2D eigenvalue weighted by Crippen LogP contribution is 2.33. The van der Waals surface area contributed by atoms with Gasteiger partial charge < -0.3 is 14.8 Å². The highest BCUT2D eigenvalue weighted by Gasteiger charge is 2.24. The third-order valence-electron chi connectivity index (χ3n) is 4.42. The summed E-state index contributed by atoms with van der Waals surface area (Å²) >= 11 is 0. The number of nitrogens with one attached hydrogen (secondary N) is 1. The van der Waals surface area contributed by atoms with Crippen LogP contribution in [0.5, 0.6) is 17.2 Å². The molecule has 0 bridgehead atoms. The number of nitrogens with zero attached hydrogens (tertiary/aromatic N) is 1. The van der Waals surface area contributed by atoms with Gasteiger partial charge in [0.1, 0.15) is 18.0 Å². The number of rotatable bonds is 8. The van der Waals surface area contributed by atoms with E-state index in [0.29, 0.717) is 22.9 Å². The van der Waals surface area contributed by atoms with Crippen molar-refractivity contribution in [1.29, 1.82) is 0 Å². The SMILES string of the molecule is COc1ccc(C)cc1NC(=O)CN(c1ccccc1Oc1ccccc1)S(C)(=O)=O. The van der Waals surface area contributed by atoms with Crippen molar-refractivity contribution in [1.82, 2.24) is 0 Å². The molecule has 0 unspecified atom stereocenters. The van der Waals surface area contributed by atoms with Crippen molar-refractivity contribution in [3.05, 3.63) is 78.4 Å². The zero-order chi connectivity index (χ0) is 22.4. The minimum absolute atomic E-state index is 0.264. The Hall–Kier alpha value is -3.52. The molecule has 0 fully saturated rings. The van der Waals surface area contributed by atoms with E-state index in [2.05, 4.69) is 5.32 Å². The van der Waals surface area contributed by atoms with Crippen LogP contribution in [0.2, 0.25) is 0 Å². The summed E-state index contributed by atoms with van der Waals surface area (Å²) in [7, 11) is -2.28. The third-order valence-corrected chi connectivity index (χ3v) is 5.55. The van der Waals surface area contributed by atoms with Gasteiger partial charge in [-0.25, -0.2) is 8.42 Å². The van der Waals surface area contributed by atoms with Crippen molar-refractivity contribution in [2.75, 3.05) is 29.5 Å². The summed E-state index contributed by atoms with van der Waals surface area (Å²) in [6.45, 7) is 1.46. The van der Waals surface area contributed by atoms with E-state index in [1.165, 1.54) is 7.11 Å². The Morgan fingerprint density at radius 2 is 1.65 bits per heavy atom. The fourth-order valence-corrected chi connectivity index (χ4v) is 3.85. The minimum Gasteiger partial charge on any atom is -0.495 e. The summed E-state index contributed by atoms with van der Waals surface area (Å²) in [6.07, 6.45) is 1.05. The number of para-hydroxylation sites is 3. The first-order valence-electron chi connectivity index (χ1n) is 9.52. The topological polar surface area (TPSA) is 84.9 Å². The van der Waals surface area contributed by atoms with Gasteiger partial charge in [0.2, 0.25) is 15.9 Å². The van der Waals surface area contributed by atoms with Crippen LogP contribution in [0.1, 0.15) is 5.56 Å². The second-order valence-electron chi connectivity index (χ2n) is 6.90. The van der Waals surface area contributed by atoms with E-state index in [4.69, 9.17) is 9.47 Å². The monoisotopic (exact) mass is 440 g/mol. The van der Waals surface area contributed by atoms with E-state index < -0.39 is 22.5 Å². The normalized spacial score (nSPS) is 10.9. The fraction of sp³-hybridized carbons (Fsp3) is 0.174. The van der Waals surface area contributed by atoms with Gasteiger partial charge in [-0.1, -0.05) is 36.4 Å². The van der Waals surface area contributed by atoms with Crippen molar-refractivity contribution in [2.45, 2.75) is 6.92 Å². The Morgan fingerprint density at radius 3 is 2.32 bits per heavy atom. The van der Waals surface area contributed by atoms with Gasteiger partial charge in [0, 0.05) is 0 Å². The standard InChI is InChI=1S/C23H24N2O5S/c1-17-13-14-21(29-2)19(15-17)24-23(26)16-25(31(3,27)28)20-11-7-8-12-22(20)30-18-9-5-4-6-10-18/h4-15H,16H2,1-3H3,(H,24,26). The average molecular weight is 441 g/mol. The molecule has 1 N–H and O–H groups in total. The smallest absolute Gasteiger partial charge is 0.245 e. The molecule has 0 aliphatic rings. The molecule has 0 aliphatic carbocycles. The van der Waals surface area contributed by atoms with E-state index in [9.17, 15) is 13.2 Å². The number of benzene rings is 3. The van der Waals surface area contributed by atoms with E-state index in [1.54, 1.807) is 48.5 Å². The Kier molecular flexibility index (Phi) is 6.81. The molecular weight excluding hydrogens is 416 g/mol. The van der Waals surface area contributed by atoms with E-state index in [-0.39, 0.29) is 5.69 Å². The first-order chi connectivity index (χ1) is 14.8. The molecule has 0 radical (unpaired) electrons. The molecule has 7 nitrogen and oxygen atoms in total. The maximum atomic E-state index is 12.8. The first kappa shape index (κ1) is 22.2. The number of anilines is 2. The first-order valence-corrected chi connectivity index (χ1v) is 11.4. The van der Waals surface area contributed by atoms with Gasteiger partial charge in [-0.05, 0) is 48.9 Å². The van der Waals surface area contributed by atoms with Crippen LogP contribution in [0.4, 0.5) is 11.4 Å². The van der Waals surface area contributed by atoms with Gasteiger partial charge in [-0.3, -0.25) is 9.10 Å². The average Bonchev–Trinajstić information content (AvgIpc) is 2.73. The van der Waals surface area contributed by atoms with Gasteiger partial charge in [-0.2, -0.15) is 0 Å². The molecule has 3 rings (SSSR count). The molecule has 1 amide bonds. The third kappa shape index (κ3) is 5.76. The largest absolute Gasteiger partial charge is 0.495 e. The number of hydrogen-bond acceptors (Lipinski definition) is 5. The molecule has 8 heteroatoms. The summed E-state index contributed by atoms with van der Waals surface area (Å²) in [6, 6.07) is 21.0. The fourth-order valence-electron chi connectivity index (χ4n) is 2.99.